The van der Waals surface area contributed by atoms with Crippen molar-refractivity contribution in [2.45, 2.75) is 81.0 Å². The summed E-state index contributed by atoms with van der Waals surface area (Å²) >= 11 is 0. The molecule has 52 heavy (non-hydrogen) atoms. The topological polar surface area (TPSA) is 0 Å². The summed E-state index contributed by atoms with van der Waals surface area (Å²) in [5, 5.41) is 0. The fourth-order valence-corrected chi connectivity index (χ4v) is 15.6. The molecule has 8 bridgehead atoms. The zero-order valence-corrected chi connectivity index (χ0v) is 30.1. The van der Waals surface area contributed by atoms with E-state index >= 15 is 0 Å². The van der Waals surface area contributed by atoms with Crippen LogP contribution in [-0.2, 0) is 10.8 Å². The maximum absolute atomic E-state index is 6.68. The Balaban J connectivity index is 1.46. The number of hydrogen-bond donors (Lipinski definition) is 0. The molecule has 0 amide bonds. The van der Waals surface area contributed by atoms with Gasteiger partial charge in [-0.25, -0.2) is 0 Å². The van der Waals surface area contributed by atoms with Crippen LogP contribution in [0.3, 0.4) is 0 Å². The van der Waals surface area contributed by atoms with Crippen molar-refractivity contribution in [3.05, 3.63) is 142 Å². The van der Waals surface area contributed by atoms with Crippen molar-refractivity contribution in [2.75, 3.05) is 0 Å². The zero-order chi connectivity index (χ0) is 35.3. The maximum atomic E-state index is 6.68. The Kier molecular flexibility index (Phi) is 6.92. The van der Waals surface area contributed by atoms with Gasteiger partial charge in [0, 0.05) is 33.1 Å². The van der Waals surface area contributed by atoms with E-state index in [-0.39, 0.29) is 16.7 Å². The molecule has 12 rings (SSSR count). The van der Waals surface area contributed by atoms with Crippen molar-refractivity contribution in [1.29, 1.82) is 0 Å². The third kappa shape index (κ3) is 3.80. The summed E-state index contributed by atoms with van der Waals surface area (Å²) in [4.78, 5) is 0. The Hall–Kier alpha value is -4.88. The van der Waals surface area contributed by atoms with Crippen LogP contribution in [0, 0.1) is 89.8 Å². The SMILES string of the molecule is C#Cc1ccccc1C1C2CC3CC1(c1ccccc1C#C)C(c1ccccc1C#C)(c1ccccc1C#C)C(C14CC5CC(CC(C5)C1)C4)(C3)C2. The first kappa shape index (κ1) is 31.8. The van der Waals surface area contributed by atoms with Crippen LogP contribution in [0.15, 0.2) is 97.1 Å². The van der Waals surface area contributed by atoms with Gasteiger partial charge in [-0.05, 0) is 157 Å². The van der Waals surface area contributed by atoms with E-state index < -0.39 is 10.8 Å². The quantitative estimate of drug-likeness (QED) is 0.185. The molecule has 5 unspecified atom stereocenters. The lowest BCUT2D eigenvalue weighted by Crippen LogP contribution is -2.78. The van der Waals surface area contributed by atoms with Crippen LogP contribution in [0.1, 0.15) is 115 Å². The lowest BCUT2D eigenvalue weighted by molar-refractivity contribution is -0.250. The predicted molar refractivity (Wildman–Crippen MR) is 211 cm³/mol. The van der Waals surface area contributed by atoms with Gasteiger partial charge in [0.1, 0.15) is 0 Å². The summed E-state index contributed by atoms with van der Waals surface area (Å²) in [5.74, 6) is 16.5. The summed E-state index contributed by atoms with van der Waals surface area (Å²) in [6.07, 6.45) is 39.2. The van der Waals surface area contributed by atoms with Crippen LogP contribution in [-0.4, -0.2) is 0 Å². The highest BCUT2D eigenvalue weighted by molar-refractivity contribution is 5.67. The van der Waals surface area contributed by atoms with Crippen LogP contribution < -0.4 is 0 Å². The molecule has 4 aromatic carbocycles. The average Bonchev–Trinajstić information content (AvgIpc) is 3.17. The number of terminal acetylenes is 4. The van der Waals surface area contributed by atoms with E-state index in [9.17, 15) is 0 Å². The molecule has 254 valence electrons. The minimum absolute atomic E-state index is 0.0922. The second-order valence-electron chi connectivity index (χ2n) is 17.8. The Morgan fingerprint density at radius 2 is 0.904 bits per heavy atom. The molecule has 8 aliphatic carbocycles. The van der Waals surface area contributed by atoms with Crippen LogP contribution in [0.25, 0.3) is 0 Å². The number of hydrogen-bond acceptors (Lipinski definition) is 0. The fourth-order valence-electron chi connectivity index (χ4n) is 15.6. The molecule has 5 atom stereocenters. The Morgan fingerprint density at radius 1 is 0.442 bits per heavy atom. The normalized spacial score (nSPS) is 35.6. The molecule has 0 aliphatic heterocycles. The van der Waals surface area contributed by atoms with Gasteiger partial charge in [-0.1, -0.05) is 96.5 Å². The lowest BCUT2D eigenvalue weighted by Gasteiger charge is -2.82. The molecule has 0 nitrogen and oxygen atoms in total. The van der Waals surface area contributed by atoms with E-state index in [1.165, 1.54) is 73.6 Å². The molecule has 8 saturated carbocycles. The van der Waals surface area contributed by atoms with Gasteiger partial charge in [-0.15, -0.1) is 25.7 Å². The van der Waals surface area contributed by atoms with Crippen LogP contribution in [0.5, 0.6) is 0 Å². The van der Waals surface area contributed by atoms with E-state index in [1.54, 1.807) is 0 Å². The highest BCUT2D eigenvalue weighted by atomic mass is 14.8. The molecule has 0 radical (unpaired) electrons. The Morgan fingerprint density at radius 3 is 1.44 bits per heavy atom. The third-order valence-electron chi connectivity index (χ3n) is 15.9. The third-order valence-corrected chi connectivity index (χ3v) is 15.9. The van der Waals surface area contributed by atoms with Gasteiger partial charge in [0.15, 0.2) is 0 Å². The maximum Gasteiger partial charge on any atom is 0.0392 e. The first-order valence-corrected chi connectivity index (χ1v) is 19.7. The van der Waals surface area contributed by atoms with E-state index in [0.29, 0.717) is 11.8 Å². The van der Waals surface area contributed by atoms with Crippen molar-refractivity contribution < 1.29 is 0 Å². The van der Waals surface area contributed by atoms with Crippen LogP contribution in [0.2, 0.25) is 0 Å². The van der Waals surface area contributed by atoms with Gasteiger partial charge in [0.2, 0.25) is 0 Å². The van der Waals surface area contributed by atoms with E-state index in [2.05, 4.69) is 121 Å². The van der Waals surface area contributed by atoms with Gasteiger partial charge < -0.3 is 0 Å². The van der Waals surface area contributed by atoms with Crippen molar-refractivity contribution in [3.8, 4) is 49.4 Å². The second kappa shape index (κ2) is 11.3. The average molecular weight is 671 g/mol. The summed E-state index contributed by atoms with van der Waals surface area (Å²) in [7, 11) is 0. The van der Waals surface area contributed by atoms with E-state index in [0.717, 1.165) is 52.8 Å². The number of rotatable bonds is 5. The molecule has 0 saturated heterocycles. The van der Waals surface area contributed by atoms with E-state index in [4.69, 9.17) is 25.7 Å². The summed E-state index contributed by atoms with van der Waals surface area (Å²) in [6.45, 7) is 0. The molecule has 0 heterocycles. The van der Waals surface area contributed by atoms with Gasteiger partial charge >= 0.3 is 0 Å². The van der Waals surface area contributed by atoms with Crippen LogP contribution in [0.4, 0.5) is 0 Å². The highest BCUT2D eigenvalue weighted by Crippen LogP contribution is 2.86. The van der Waals surface area contributed by atoms with Crippen LogP contribution >= 0.6 is 0 Å². The number of benzene rings is 4. The van der Waals surface area contributed by atoms with E-state index in [1.807, 2.05) is 0 Å². The first-order chi connectivity index (χ1) is 25.5. The second-order valence-corrected chi connectivity index (χ2v) is 17.8. The summed E-state index contributed by atoms with van der Waals surface area (Å²) < 4.78 is 0. The van der Waals surface area contributed by atoms with Crippen molar-refractivity contribution in [3.63, 3.8) is 0 Å². The summed E-state index contributed by atoms with van der Waals surface area (Å²) in [6, 6.07) is 35.6. The zero-order valence-electron chi connectivity index (χ0n) is 30.1. The monoisotopic (exact) mass is 670 g/mol. The largest absolute Gasteiger partial charge is 0.115 e. The highest BCUT2D eigenvalue weighted by Gasteiger charge is 2.82. The predicted octanol–water partition coefficient (Wildman–Crippen LogP) is 10.7. The van der Waals surface area contributed by atoms with Crippen molar-refractivity contribution >= 4 is 0 Å². The summed E-state index contributed by atoms with van der Waals surface area (Å²) in [5.41, 5.74) is 8.05. The fraction of sp³-hybridized carbons (Fsp3) is 0.385. The van der Waals surface area contributed by atoms with Gasteiger partial charge in [0.05, 0.1) is 0 Å². The lowest BCUT2D eigenvalue weighted by atomic mass is 9.21. The molecular formula is C52H46. The minimum atomic E-state index is -0.579. The molecular weight excluding hydrogens is 625 g/mol. The van der Waals surface area contributed by atoms with Crippen molar-refractivity contribution in [1.82, 2.24) is 0 Å². The first-order valence-electron chi connectivity index (χ1n) is 19.7. The molecule has 4 aromatic rings. The molecule has 8 aliphatic rings. The van der Waals surface area contributed by atoms with Gasteiger partial charge in [0.25, 0.3) is 0 Å². The standard InChI is InChI=1S/C52H46/c1-5-39-17-9-13-21-44(39)48-43-28-38-32-50(34-43,49-29-35-25-36(30-49)27-37(26-35)31-49)52(46-23-15-11-19-41(46)7-3,47-24-16-12-20-42(47)8-4)51(48,33-38)45-22-14-10-18-40(45)6-2/h1-4,9-24,35-38,43,48H,25-34H2. The molecule has 8 fully saturated rings. The smallest absolute Gasteiger partial charge is 0.0392 e. The van der Waals surface area contributed by atoms with Gasteiger partial charge in [-0.2, -0.15) is 0 Å². The van der Waals surface area contributed by atoms with Gasteiger partial charge in [-0.3, -0.25) is 0 Å². The molecule has 0 aromatic heterocycles. The molecule has 0 N–H and O–H groups in total. The molecule has 0 heteroatoms. The minimum Gasteiger partial charge on any atom is -0.115 e. The van der Waals surface area contributed by atoms with Crippen molar-refractivity contribution in [2.24, 2.45) is 40.4 Å². The Bertz CT molecular complexity index is 2190. The Labute approximate surface area is 311 Å². The molecule has 0 spiro atoms.